The van der Waals surface area contributed by atoms with Gasteiger partial charge in [0.1, 0.15) is 11.3 Å². The summed E-state index contributed by atoms with van der Waals surface area (Å²) in [5.74, 6) is 0.623. The standard InChI is InChI=1S/C15H17N3O2/c1-3-13-14(10(2)17-20-13)15(19)18-9-5-6-11-12(18)7-4-8-16-11/h4,7-8H,3,5-6,9H2,1-2H3. The number of carbonyl (C=O) groups is 1. The van der Waals surface area contributed by atoms with Gasteiger partial charge in [-0.1, -0.05) is 12.1 Å². The molecule has 1 aliphatic heterocycles. The lowest BCUT2D eigenvalue weighted by molar-refractivity contribution is 0.0982. The maximum Gasteiger partial charge on any atom is 0.263 e. The second-order valence-electron chi connectivity index (χ2n) is 4.95. The number of fused-ring (bicyclic) bond motifs is 1. The van der Waals surface area contributed by atoms with Crippen molar-refractivity contribution in [2.75, 3.05) is 11.4 Å². The minimum atomic E-state index is -0.0328. The zero-order chi connectivity index (χ0) is 14.1. The number of nitrogens with zero attached hydrogens (tertiary/aromatic N) is 3. The number of hydrogen-bond donors (Lipinski definition) is 0. The molecule has 0 bridgehead atoms. The molecule has 5 heteroatoms. The second kappa shape index (κ2) is 5.07. The normalized spacial score (nSPS) is 14.2. The minimum Gasteiger partial charge on any atom is -0.360 e. The highest BCUT2D eigenvalue weighted by molar-refractivity contribution is 6.07. The van der Waals surface area contributed by atoms with Gasteiger partial charge in [0.2, 0.25) is 0 Å². The fourth-order valence-electron chi connectivity index (χ4n) is 2.67. The van der Waals surface area contributed by atoms with Gasteiger partial charge >= 0.3 is 0 Å². The van der Waals surface area contributed by atoms with Gasteiger partial charge in [-0.05, 0) is 31.9 Å². The summed E-state index contributed by atoms with van der Waals surface area (Å²) in [5.41, 5.74) is 3.15. The van der Waals surface area contributed by atoms with Gasteiger partial charge in [0.15, 0.2) is 0 Å². The number of aryl methyl sites for hydroxylation is 3. The van der Waals surface area contributed by atoms with E-state index in [1.165, 1.54) is 0 Å². The molecule has 0 fully saturated rings. The number of pyridine rings is 1. The largest absolute Gasteiger partial charge is 0.360 e. The molecule has 104 valence electrons. The maximum atomic E-state index is 12.8. The van der Waals surface area contributed by atoms with Crippen molar-refractivity contribution in [3.8, 4) is 0 Å². The third-order valence-corrected chi connectivity index (χ3v) is 3.67. The topological polar surface area (TPSA) is 59.2 Å². The van der Waals surface area contributed by atoms with E-state index in [9.17, 15) is 4.79 Å². The summed E-state index contributed by atoms with van der Waals surface area (Å²) in [7, 11) is 0. The van der Waals surface area contributed by atoms with Gasteiger partial charge < -0.3 is 9.42 Å². The quantitative estimate of drug-likeness (QED) is 0.842. The Labute approximate surface area is 117 Å². The molecule has 0 radical (unpaired) electrons. The molecule has 0 saturated carbocycles. The molecule has 1 amide bonds. The van der Waals surface area contributed by atoms with Crippen molar-refractivity contribution in [2.24, 2.45) is 0 Å². The van der Waals surface area contributed by atoms with Crippen LogP contribution < -0.4 is 4.90 Å². The molecule has 3 rings (SSSR count). The first kappa shape index (κ1) is 12.8. The van der Waals surface area contributed by atoms with Gasteiger partial charge in [-0.2, -0.15) is 0 Å². The summed E-state index contributed by atoms with van der Waals surface area (Å²) >= 11 is 0. The third kappa shape index (κ3) is 1.99. The van der Waals surface area contributed by atoms with Crippen LogP contribution in [-0.2, 0) is 12.8 Å². The van der Waals surface area contributed by atoms with E-state index in [2.05, 4.69) is 10.1 Å². The smallest absolute Gasteiger partial charge is 0.263 e. The molecule has 3 heterocycles. The van der Waals surface area contributed by atoms with Crippen LogP contribution >= 0.6 is 0 Å². The van der Waals surface area contributed by atoms with Gasteiger partial charge in [0.05, 0.1) is 17.1 Å². The van der Waals surface area contributed by atoms with E-state index in [0.717, 1.165) is 24.2 Å². The zero-order valence-corrected chi connectivity index (χ0v) is 11.7. The summed E-state index contributed by atoms with van der Waals surface area (Å²) in [6, 6.07) is 3.82. The first-order chi connectivity index (χ1) is 9.72. The summed E-state index contributed by atoms with van der Waals surface area (Å²) in [4.78, 5) is 19.0. The SMILES string of the molecule is CCc1onc(C)c1C(=O)N1CCCc2ncccc21. The lowest BCUT2D eigenvalue weighted by Crippen LogP contribution is -2.36. The minimum absolute atomic E-state index is 0.0328. The Kier molecular flexibility index (Phi) is 3.26. The van der Waals surface area contributed by atoms with Crippen molar-refractivity contribution < 1.29 is 9.32 Å². The lowest BCUT2D eigenvalue weighted by Gasteiger charge is -2.28. The highest BCUT2D eigenvalue weighted by atomic mass is 16.5. The first-order valence-corrected chi connectivity index (χ1v) is 6.93. The number of hydrogen-bond acceptors (Lipinski definition) is 4. The number of amides is 1. The van der Waals surface area contributed by atoms with E-state index in [4.69, 9.17) is 4.52 Å². The summed E-state index contributed by atoms with van der Waals surface area (Å²) < 4.78 is 5.23. The van der Waals surface area contributed by atoms with Crippen molar-refractivity contribution in [1.82, 2.24) is 10.1 Å². The van der Waals surface area contributed by atoms with Crippen LogP contribution in [0.25, 0.3) is 0 Å². The summed E-state index contributed by atoms with van der Waals surface area (Å²) in [6.07, 6.45) is 4.29. The average Bonchev–Trinajstić information content (AvgIpc) is 2.87. The molecule has 2 aromatic heterocycles. The van der Waals surface area contributed by atoms with Crippen molar-refractivity contribution in [1.29, 1.82) is 0 Å². The lowest BCUT2D eigenvalue weighted by atomic mass is 10.0. The van der Waals surface area contributed by atoms with E-state index in [0.29, 0.717) is 30.0 Å². The average molecular weight is 271 g/mol. The van der Waals surface area contributed by atoms with Crippen LogP contribution in [0.15, 0.2) is 22.9 Å². The molecule has 0 aliphatic carbocycles. The monoisotopic (exact) mass is 271 g/mol. The predicted molar refractivity (Wildman–Crippen MR) is 74.9 cm³/mol. The zero-order valence-electron chi connectivity index (χ0n) is 11.7. The van der Waals surface area contributed by atoms with Crippen LogP contribution in [-0.4, -0.2) is 22.6 Å². The van der Waals surface area contributed by atoms with Gasteiger partial charge in [-0.15, -0.1) is 0 Å². The van der Waals surface area contributed by atoms with Crippen LogP contribution in [0.4, 0.5) is 5.69 Å². The van der Waals surface area contributed by atoms with Crippen molar-refractivity contribution in [3.05, 3.63) is 41.0 Å². The number of rotatable bonds is 2. The van der Waals surface area contributed by atoms with Crippen LogP contribution in [0.3, 0.4) is 0 Å². The van der Waals surface area contributed by atoms with Crippen LogP contribution in [0.2, 0.25) is 0 Å². The molecular weight excluding hydrogens is 254 g/mol. The predicted octanol–water partition coefficient (Wildman–Crippen LogP) is 2.53. The van der Waals surface area contributed by atoms with Gasteiger partial charge in [0.25, 0.3) is 5.91 Å². The Hall–Kier alpha value is -2.17. The van der Waals surface area contributed by atoms with Gasteiger partial charge in [-0.25, -0.2) is 0 Å². The molecule has 2 aromatic rings. The van der Waals surface area contributed by atoms with Crippen LogP contribution in [0.1, 0.15) is 40.9 Å². The Bertz CT molecular complexity index is 648. The summed E-state index contributed by atoms with van der Waals surface area (Å²) in [6.45, 7) is 4.48. The van der Waals surface area contributed by atoms with E-state index in [-0.39, 0.29) is 5.91 Å². The highest BCUT2D eigenvalue weighted by Crippen LogP contribution is 2.28. The molecule has 0 unspecified atom stereocenters. The summed E-state index contributed by atoms with van der Waals surface area (Å²) in [5, 5.41) is 3.92. The fraction of sp³-hybridized carbons (Fsp3) is 0.400. The Morgan fingerprint density at radius 2 is 2.35 bits per heavy atom. The van der Waals surface area contributed by atoms with Crippen molar-refractivity contribution in [2.45, 2.75) is 33.1 Å². The van der Waals surface area contributed by atoms with Crippen LogP contribution in [0, 0.1) is 6.92 Å². The number of carbonyl (C=O) groups excluding carboxylic acids is 1. The first-order valence-electron chi connectivity index (χ1n) is 6.93. The molecule has 1 aliphatic rings. The molecule has 0 N–H and O–H groups in total. The third-order valence-electron chi connectivity index (χ3n) is 3.67. The molecule has 0 aromatic carbocycles. The Balaban J connectivity index is 2.02. The number of aromatic nitrogens is 2. The van der Waals surface area contributed by atoms with E-state index in [1.807, 2.05) is 26.0 Å². The highest BCUT2D eigenvalue weighted by Gasteiger charge is 2.28. The molecule has 0 atom stereocenters. The number of anilines is 1. The molecule has 0 spiro atoms. The van der Waals surface area contributed by atoms with E-state index >= 15 is 0 Å². The Morgan fingerprint density at radius 3 is 3.15 bits per heavy atom. The van der Waals surface area contributed by atoms with Crippen molar-refractivity contribution in [3.63, 3.8) is 0 Å². The molecule has 5 nitrogen and oxygen atoms in total. The second-order valence-corrected chi connectivity index (χ2v) is 4.95. The van der Waals surface area contributed by atoms with Gasteiger partial charge in [0, 0.05) is 19.2 Å². The Morgan fingerprint density at radius 1 is 1.50 bits per heavy atom. The molecule has 0 saturated heterocycles. The van der Waals surface area contributed by atoms with Crippen LogP contribution in [0.5, 0.6) is 0 Å². The maximum absolute atomic E-state index is 12.8. The molecular formula is C15H17N3O2. The van der Waals surface area contributed by atoms with E-state index in [1.54, 1.807) is 11.1 Å². The van der Waals surface area contributed by atoms with Gasteiger partial charge in [-0.3, -0.25) is 9.78 Å². The van der Waals surface area contributed by atoms with Crippen molar-refractivity contribution >= 4 is 11.6 Å². The fourth-order valence-corrected chi connectivity index (χ4v) is 2.67. The van der Waals surface area contributed by atoms with E-state index < -0.39 is 0 Å². The molecule has 20 heavy (non-hydrogen) atoms.